The Morgan fingerprint density at radius 3 is 2.78 bits per heavy atom. The van der Waals surface area contributed by atoms with Gasteiger partial charge in [-0.3, -0.25) is 9.69 Å². The van der Waals surface area contributed by atoms with E-state index in [2.05, 4.69) is 15.3 Å². The summed E-state index contributed by atoms with van der Waals surface area (Å²) in [6, 6.07) is -0.467. The number of hydrogen-bond donors (Lipinski definition) is 2. The van der Waals surface area contributed by atoms with Crippen LogP contribution in [0.4, 0.5) is 13.6 Å². The monoisotopic (exact) mass is 503 g/mol. The van der Waals surface area contributed by atoms with Crippen molar-refractivity contribution in [2.75, 3.05) is 39.3 Å². The number of nitrogens with one attached hydrogen (secondary N) is 1. The van der Waals surface area contributed by atoms with Gasteiger partial charge in [0.15, 0.2) is 6.04 Å². The Kier molecular flexibility index (Phi) is 7.04. The average Bonchev–Trinajstić information content (AvgIpc) is 3.48. The smallest absolute Gasteiger partial charge is 0.414 e. The summed E-state index contributed by atoms with van der Waals surface area (Å²) in [7, 11) is 0. The van der Waals surface area contributed by atoms with Gasteiger partial charge < -0.3 is 25.6 Å². The maximum absolute atomic E-state index is 15.1. The van der Waals surface area contributed by atoms with Gasteiger partial charge in [0.25, 0.3) is 0 Å². The van der Waals surface area contributed by atoms with Gasteiger partial charge in [-0.1, -0.05) is 0 Å². The van der Waals surface area contributed by atoms with Crippen molar-refractivity contribution >= 4 is 24.2 Å². The zero-order valence-corrected chi connectivity index (χ0v) is 20.0. The molecule has 0 bridgehead atoms. The third kappa shape index (κ3) is 4.99. The van der Waals surface area contributed by atoms with Crippen LogP contribution >= 0.6 is 0 Å². The molecule has 5 aliphatic rings. The third-order valence-corrected chi connectivity index (χ3v) is 7.26. The lowest BCUT2D eigenvalue weighted by Gasteiger charge is -2.38. The van der Waals surface area contributed by atoms with E-state index < -0.39 is 30.2 Å². The molecular formula is C24H31F2N7O3. The minimum absolute atomic E-state index is 0.0574. The lowest BCUT2D eigenvalue weighted by Crippen LogP contribution is -2.40. The molecule has 3 unspecified atom stereocenters. The number of rotatable bonds is 7. The molecule has 2 amide bonds. The quantitative estimate of drug-likeness (QED) is 0.543. The predicted octanol–water partition coefficient (Wildman–Crippen LogP) is 1.43. The fourth-order valence-corrected chi connectivity index (χ4v) is 5.26. The van der Waals surface area contributed by atoms with Crippen molar-refractivity contribution in [1.82, 2.24) is 20.0 Å². The molecule has 3 atom stereocenters. The lowest BCUT2D eigenvalue weighted by atomic mass is 9.92. The molecule has 3 N–H and O–H groups in total. The zero-order chi connectivity index (χ0) is 25.2. The Hall–Kier alpha value is -3.28. The van der Waals surface area contributed by atoms with Crippen LogP contribution in [0.15, 0.2) is 45.6 Å². The number of allylic oxidation sites excluding steroid dienone is 5. The number of hydrogen-bond acceptors (Lipinski definition) is 8. The molecule has 0 spiro atoms. The first-order chi connectivity index (χ1) is 17.4. The fraction of sp³-hybridized carbons (Fsp3) is 0.583. The van der Waals surface area contributed by atoms with Crippen molar-refractivity contribution in [3.63, 3.8) is 0 Å². The van der Waals surface area contributed by atoms with Crippen LogP contribution in [0.2, 0.25) is 0 Å². The number of amides is 2. The molecule has 0 aromatic heterocycles. The molecule has 0 saturated carbocycles. The number of aliphatic imine (C=N–C) groups is 2. The highest BCUT2D eigenvalue weighted by atomic mass is 19.1. The van der Waals surface area contributed by atoms with E-state index in [-0.39, 0.29) is 36.8 Å². The number of likely N-dealkylation sites (tertiary alicyclic amines) is 1. The number of nitrogens with two attached hydrogens (primary N) is 1. The minimum atomic E-state index is -1.53. The van der Waals surface area contributed by atoms with E-state index in [9.17, 15) is 14.0 Å². The molecule has 4 heterocycles. The van der Waals surface area contributed by atoms with Crippen molar-refractivity contribution < 1.29 is 23.1 Å². The van der Waals surface area contributed by atoms with Gasteiger partial charge in [0.2, 0.25) is 11.9 Å². The summed E-state index contributed by atoms with van der Waals surface area (Å²) >= 11 is 0. The number of guanidine groups is 1. The van der Waals surface area contributed by atoms with Crippen LogP contribution in [0, 0.1) is 5.92 Å². The summed E-state index contributed by atoms with van der Waals surface area (Å²) < 4.78 is 35.2. The molecule has 0 aromatic carbocycles. The molecule has 4 aliphatic heterocycles. The number of alkyl halides is 1. The van der Waals surface area contributed by atoms with E-state index in [1.54, 1.807) is 11.1 Å². The van der Waals surface area contributed by atoms with Crippen LogP contribution in [0.5, 0.6) is 0 Å². The largest absolute Gasteiger partial charge is 0.443 e. The standard InChI is InChI=1S/C24H31F2N7O3/c25-18-10-16(33-13-17(12-27)36-24(33)35)11-19(26)21(18)31-8-3-15(4-9-31)2-6-28-22(34)20-14-32-7-1-5-29-23(32)30-20/h1,5,7,10,15,17,19-20H,2-4,6,8-9,11-14,27H2,(H,28,34). The van der Waals surface area contributed by atoms with Crippen LogP contribution in [0.3, 0.4) is 0 Å². The molecular weight excluding hydrogens is 472 g/mol. The van der Waals surface area contributed by atoms with Gasteiger partial charge in [0.05, 0.1) is 18.8 Å². The second-order valence-electron chi connectivity index (χ2n) is 9.62. The molecule has 0 aromatic rings. The van der Waals surface area contributed by atoms with Crippen molar-refractivity contribution in [1.29, 1.82) is 0 Å². The zero-order valence-electron chi connectivity index (χ0n) is 20.0. The van der Waals surface area contributed by atoms with Crippen molar-refractivity contribution in [2.45, 2.75) is 44.0 Å². The summed E-state index contributed by atoms with van der Waals surface area (Å²) in [5, 5.41) is 2.96. The van der Waals surface area contributed by atoms with Gasteiger partial charge in [-0.2, -0.15) is 0 Å². The Labute approximate surface area is 208 Å². The van der Waals surface area contributed by atoms with Crippen molar-refractivity contribution in [3.8, 4) is 0 Å². The molecule has 2 saturated heterocycles. The Balaban J connectivity index is 1.09. The van der Waals surface area contributed by atoms with Crippen LogP contribution in [-0.4, -0.2) is 96.5 Å². The van der Waals surface area contributed by atoms with E-state index in [4.69, 9.17) is 10.5 Å². The van der Waals surface area contributed by atoms with Crippen molar-refractivity contribution in [2.24, 2.45) is 21.6 Å². The van der Waals surface area contributed by atoms with Crippen LogP contribution in [-0.2, 0) is 9.53 Å². The molecule has 10 nitrogen and oxygen atoms in total. The number of ether oxygens (including phenoxy) is 1. The summed E-state index contributed by atoms with van der Waals surface area (Å²) in [5.41, 5.74) is 5.88. The van der Waals surface area contributed by atoms with Gasteiger partial charge >= 0.3 is 6.09 Å². The SMILES string of the molecule is NCC1CN(C2=CC(F)=C(N3CCC(CCNC(=O)C4CN5C=CC=NC5=N4)CC3)C(F)C2)C(=O)O1. The Morgan fingerprint density at radius 1 is 1.28 bits per heavy atom. The van der Waals surface area contributed by atoms with Crippen LogP contribution in [0.1, 0.15) is 25.7 Å². The first-order valence-electron chi connectivity index (χ1n) is 12.4. The maximum atomic E-state index is 15.1. The van der Waals surface area contributed by atoms with Gasteiger partial charge in [0, 0.05) is 50.7 Å². The maximum Gasteiger partial charge on any atom is 0.414 e. The number of fused-ring (bicyclic) bond motifs is 1. The van der Waals surface area contributed by atoms with Crippen LogP contribution < -0.4 is 11.1 Å². The molecule has 2 fully saturated rings. The number of carbonyl (C=O) groups excluding carboxylic acids is 2. The van der Waals surface area contributed by atoms with E-state index in [1.165, 1.54) is 11.0 Å². The lowest BCUT2D eigenvalue weighted by molar-refractivity contribution is -0.122. The van der Waals surface area contributed by atoms with E-state index in [1.807, 2.05) is 17.2 Å². The Morgan fingerprint density at radius 2 is 2.08 bits per heavy atom. The minimum Gasteiger partial charge on any atom is -0.443 e. The molecule has 12 heteroatoms. The summed E-state index contributed by atoms with van der Waals surface area (Å²) in [6.45, 7) is 2.48. The second kappa shape index (κ2) is 10.4. The summed E-state index contributed by atoms with van der Waals surface area (Å²) in [5.74, 6) is 0.156. The third-order valence-electron chi connectivity index (χ3n) is 7.26. The molecule has 1 aliphatic carbocycles. The van der Waals surface area contributed by atoms with E-state index in [0.717, 1.165) is 19.3 Å². The highest BCUT2D eigenvalue weighted by Gasteiger charge is 2.38. The topological polar surface area (TPSA) is 116 Å². The first-order valence-corrected chi connectivity index (χ1v) is 12.4. The second-order valence-corrected chi connectivity index (χ2v) is 9.62. The van der Waals surface area contributed by atoms with Crippen LogP contribution in [0.25, 0.3) is 0 Å². The first kappa shape index (κ1) is 24.4. The van der Waals surface area contributed by atoms with E-state index >= 15 is 4.39 Å². The van der Waals surface area contributed by atoms with Gasteiger partial charge in [0.1, 0.15) is 18.1 Å². The molecule has 5 rings (SSSR count). The normalized spacial score (nSPS) is 28.4. The fourth-order valence-electron chi connectivity index (χ4n) is 5.26. The van der Waals surface area contributed by atoms with Gasteiger partial charge in [-0.15, -0.1) is 0 Å². The Bertz CT molecular complexity index is 1050. The number of carbonyl (C=O) groups is 2. The number of cyclic esters (lactones) is 1. The molecule has 36 heavy (non-hydrogen) atoms. The van der Waals surface area contributed by atoms with Crippen molar-refractivity contribution in [3.05, 3.63) is 35.6 Å². The highest BCUT2D eigenvalue weighted by molar-refractivity contribution is 5.98. The number of piperidine rings is 1. The number of halogens is 2. The summed E-state index contributed by atoms with van der Waals surface area (Å²) in [6.07, 6.45) is 6.23. The van der Waals surface area contributed by atoms with E-state index in [0.29, 0.717) is 38.1 Å². The number of nitrogens with zero attached hydrogens (tertiary/aromatic N) is 5. The van der Waals surface area contributed by atoms with Gasteiger partial charge in [-0.25, -0.2) is 23.6 Å². The molecule has 194 valence electrons. The molecule has 0 radical (unpaired) electrons. The summed E-state index contributed by atoms with van der Waals surface area (Å²) in [4.78, 5) is 37.9. The van der Waals surface area contributed by atoms with Gasteiger partial charge in [-0.05, 0) is 37.3 Å². The predicted molar refractivity (Wildman–Crippen MR) is 129 cm³/mol. The average molecular weight is 504 g/mol. The highest BCUT2D eigenvalue weighted by Crippen LogP contribution is 2.35.